The van der Waals surface area contributed by atoms with E-state index in [1.807, 2.05) is 0 Å². The fourth-order valence-electron chi connectivity index (χ4n) is 5.85. The molecule has 5 atom stereocenters. The van der Waals surface area contributed by atoms with E-state index in [1.54, 1.807) is 23.6 Å². The SMILES string of the molecule is CCOC(=O)[C@@H]1[C@@H]2CCC3(S2)C(C(=O)NCCN2CCOCC2)N(CCCCO)C(=O)[C@H]13. The Morgan fingerprint density at radius 3 is 2.78 bits per heavy atom. The fraction of sp³-hybridized carbons (Fsp3) is 0.864. The summed E-state index contributed by atoms with van der Waals surface area (Å²) in [6.07, 6.45) is 2.78. The Morgan fingerprint density at radius 2 is 2.06 bits per heavy atom. The third-order valence-corrected chi connectivity index (χ3v) is 9.20. The number of thioether (sulfide) groups is 1. The maximum absolute atomic E-state index is 13.6. The van der Waals surface area contributed by atoms with Crippen LogP contribution in [0.5, 0.6) is 0 Å². The normalized spacial score (nSPS) is 34.1. The van der Waals surface area contributed by atoms with Crippen LogP contribution in [0.1, 0.15) is 32.6 Å². The maximum Gasteiger partial charge on any atom is 0.310 e. The van der Waals surface area contributed by atoms with Crippen molar-refractivity contribution in [2.75, 3.05) is 59.2 Å². The number of amides is 2. The molecule has 0 aromatic rings. The predicted octanol–water partition coefficient (Wildman–Crippen LogP) is -0.138. The second kappa shape index (κ2) is 10.3. The molecule has 2 unspecified atom stereocenters. The number of aliphatic hydroxyl groups is 1. The van der Waals surface area contributed by atoms with E-state index in [1.165, 1.54) is 0 Å². The van der Waals surface area contributed by atoms with Gasteiger partial charge in [-0.05, 0) is 32.6 Å². The van der Waals surface area contributed by atoms with Crippen LogP contribution in [-0.2, 0) is 23.9 Å². The number of esters is 1. The molecule has 4 rings (SSSR count). The molecule has 2 amide bonds. The monoisotopic (exact) mass is 469 g/mol. The molecule has 9 nitrogen and oxygen atoms in total. The summed E-state index contributed by atoms with van der Waals surface area (Å²) in [7, 11) is 0. The Morgan fingerprint density at radius 1 is 1.28 bits per heavy atom. The van der Waals surface area contributed by atoms with E-state index in [4.69, 9.17) is 9.47 Å². The number of unbranched alkanes of at least 4 members (excludes halogenated alkanes) is 1. The summed E-state index contributed by atoms with van der Waals surface area (Å²) >= 11 is 1.66. The Bertz CT molecular complexity index is 718. The van der Waals surface area contributed by atoms with Crippen LogP contribution in [0.3, 0.4) is 0 Å². The van der Waals surface area contributed by atoms with Gasteiger partial charge in [0.25, 0.3) is 0 Å². The summed E-state index contributed by atoms with van der Waals surface area (Å²) in [5.74, 6) is -1.53. The lowest BCUT2D eigenvalue weighted by molar-refractivity contribution is -0.153. The van der Waals surface area contributed by atoms with Crippen molar-refractivity contribution in [3.05, 3.63) is 0 Å². The van der Waals surface area contributed by atoms with Gasteiger partial charge < -0.3 is 24.8 Å². The lowest BCUT2D eigenvalue weighted by Crippen LogP contribution is -2.54. The molecule has 0 aliphatic carbocycles. The molecular weight excluding hydrogens is 434 g/mol. The number of hydrogen-bond acceptors (Lipinski definition) is 8. The Hall–Kier alpha value is -1.36. The first-order valence-corrected chi connectivity index (χ1v) is 12.7. The number of likely N-dealkylation sites (tertiary alicyclic amines) is 1. The van der Waals surface area contributed by atoms with Crippen LogP contribution in [0.2, 0.25) is 0 Å². The zero-order chi connectivity index (χ0) is 22.7. The number of carbonyl (C=O) groups excluding carboxylic acids is 3. The summed E-state index contributed by atoms with van der Waals surface area (Å²) < 4.78 is 10.1. The molecule has 0 saturated carbocycles. The molecule has 4 saturated heterocycles. The molecule has 0 aromatic carbocycles. The molecular formula is C22H35N3O6S. The Labute approximate surface area is 193 Å². The predicted molar refractivity (Wildman–Crippen MR) is 119 cm³/mol. The Kier molecular flexibility index (Phi) is 7.64. The first-order valence-electron chi connectivity index (χ1n) is 11.9. The summed E-state index contributed by atoms with van der Waals surface area (Å²) in [6, 6.07) is -0.585. The highest BCUT2D eigenvalue weighted by atomic mass is 32.2. The van der Waals surface area contributed by atoms with Crippen LogP contribution in [0.25, 0.3) is 0 Å². The van der Waals surface area contributed by atoms with Crippen LogP contribution < -0.4 is 5.32 Å². The van der Waals surface area contributed by atoms with Gasteiger partial charge in [0.15, 0.2) is 0 Å². The molecule has 10 heteroatoms. The van der Waals surface area contributed by atoms with Gasteiger partial charge in [0.05, 0.1) is 36.4 Å². The van der Waals surface area contributed by atoms with Crippen molar-refractivity contribution in [3.8, 4) is 0 Å². The molecule has 32 heavy (non-hydrogen) atoms. The van der Waals surface area contributed by atoms with E-state index in [-0.39, 0.29) is 36.2 Å². The van der Waals surface area contributed by atoms with Crippen molar-refractivity contribution in [1.29, 1.82) is 0 Å². The second-order valence-corrected chi connectivity index (χ2v) is 10.6. The molecule has 4 aliphatic heterocycles. The van der Waals surface area contributed by atoms with Gasteiger partial charge >= 0.3 is 5.97 Å². The molecule has 1 spiro atoms. The lowest BCUT2D eigenvalue weighted by atomic mass is 9.71. The van der Waals surface area contributed by atoms with E-state index in [2.05, 4.69) is 10.2 Å². The average Bonchev–Trinajstić information content (AvgIpc) is 3.42. The highest BCUT2D eigenvalue weighted by Crippen LogP contribution is 2.66. The van der Waals surface area contributed by atoms with Gasteiger partial charge in [0, 0.05) is 44.6 Å². The smallest absolute Gasteiger partial charge is 0.310 e. The standard InChI is InChI=1S/C22H35N3O6S/c1-2-31-21(29)16-15-5-6-22(32-15)17(16)20(28)25(8-3-4-12-26)18(22)19(27)23-7-9-24-10-13-30-14-11-24/h15-18,26H,2-14H2,1H3,(H,23,27)/t15-,16+,17-,18?,22?/m0/s1. The molecule has 2 N–H and O–H groups in total. The van der Waals surface area contributed by atoms with Crippen molar-refractivity contribution in [1.82, 2.24) is 15.1 Å². The third-order valence-electron chi connectivity index (χ3n) is 7.25. The van der Waals surface area contributed by atoms with Gasteiger partial charge in [-0.3, -0.25) is 19.3 Å². The molecule has 4 fully saturated rings. The molecule has 0 aromatic heterocycles. The van der Waals surface area contributed by atoms with E-state index < -0.39 is 22.6 Å². The summed E-state index contributed by atoms with van der Waals surface area (Å²) in [4.78, 5) is 43.7. The molecule has 2 bridgehead atoms. The highest BCUT2D eigenvalue weighted by molar-refractivity contribution is 8.02. The van der Waals surface area contributed by atoms with Crippen LogP contribution >= 0.6 is 11.8 Å². The van der Waals surface area contributed by atoms with Crippen LogP contribution in [0.15, 0.2) is 0 Å². The molecule has 4 aliphatic rings. The third kappa shape index (κ3) is 4.26. The summed E-state index contributed by atoms with van der Waals surface area (Å²) in [5, 5.41) is 12.3. The van der Waals surface area contributed by atoms with Gasteiger partial charge in [0.2, 0.25) is 11.8 Å². The van der Waals surface area contributed by atoms with E-state index in [0.717, 1.165) is 32.5 Å². The largest absolute Gasteiger partial charge is 0.466 e. The number of carbonyl (C=O) groups is 3. The van der Waals surface area contributed by atoms with E-state index in [9.17, 15) is 19.5 Å². The maximum atomic E-state index is 13.6. The second-order valence-electron chi connectivity index (χ2n) is 9.02. The zero-order valence-electron chi connectivity index (χ0n) is 18.8. The van der Waals surface area contributed by atoms with Gasteiger partial charge in [-0.1, -0.05) is 0 Å². The average molecular weight is 470 g/mol. The van der Waals surface area contributed by atoms with Gasteiger partial charge in [0.1, 0.15) is 6.04 Å². The van der Waals surface area contributed by atoms with Gasteiger partial charge in [-0.2, -0.15) is 0 Å². The number of nitrogens with one attached hydrogen (secondary N) is 1. The fourth-order valence-corrected chi connectivity index (χ4v) is 8.06. The number of aliphatic hydroxyl groups excluding tert-OH is 1. The number of fused-ring (bicyclic) bond motifs is 1. The number of nitrogens with zero attached hydrogens (tertiary/aromatic N) is 2. The minimum atomic E-state index is -0.585. The zero-order valence-corrected chi connectivity index (χ0v) is 19.6. The highest BCUT2D eigenvalue weighted by Gasteiger charge is 2.73. The summed E-state index contributed by atoms with van der Waals surface area (Å²) in [6.45, 7) is 6.93. The molecule has 4 heterocycles. The first kappa shape index (κ1) is 23.8. The molecule has 180 valence electrons. The van der Waals surface area contributed by atoms with Crippen LogP contribution in [-0.4, -0.2) is 108 Å². The Balaban J connectivity index is 1.50. The molecule has 0 radical (unpaired) electrons. The van der Waals surface area contributed by atoms with Gasteiger partial charge in [-0.15, -0.1) is 11.8 Å². The first-order chi connectivity index (χ1) is 15.5. The number of morpholine rings is 1. The van der Waals surface area contributed by atoms with Crippen molar-refractivity contribution in [2.45, 2.75) is 48.6 Å². The minimum Gasteiger partial charge on any atom is -0.466 e. The number of hydrogen-bond donors (Lipinski definition) is 2. The quantitative estimate of drug-likeness (QED) is 0.336. The topological polar surface area (TPSA) is 108 Å². The summed E-state index contributed by atoms with van der Waals surface area (Å²) in [5.41, 5.74) is 0. The van der Waals surface area contributed by atoms with Crippen molar-refractivity contribution in [2.24, 2.45) is 11.8 Å². The van der Waals surface area contributed by atoms with Crippen molar-refractivity contribution < 1.29 is 29.0 Å². The number of rotatable bonds is 10. The minimum absolute atomic E-state index is 0.0336. The van der Waals surface area contributed by atoms with Crippen LogP contribution in [0.4, 0.5) is 0 Å². The lowest BCUT2D eigenvalue weighted by Gasteiger charge is -2.34. The van der Waals surface area contributed by atoms with E-state index in [0.29, 0.717) is 39.1 Å². The van der Waals surface area contributed by atoms with Gasteiger partial charge in [-0.25, -0.2) is 0 Å². The van der Waals surface area contributed by atoms with Crippen LogP contribution in [0, 0.1) is 11.8 Å². The van der Waals surface area contributed by atoms with Crippen molar-refractivity contribution >= 4 is 29.5 Å². The van der Waals surface area contributed by atoms with Crippen molar-refractivity contribution in [3.63, 3.8) is 0 Å². The van der Waals surface area contributed by atoms with E-state index >= 15 is 0 Å². The number of ether oxygens (including phenoxy) is 2.